The molecule has 1 fully saturated rings. The Morgan fingerprint density at radius 3 is 2.39 bits per heavy atom. The Kier molecular flexibility index (Phi) is 5.32. The van der Waals surface area contributed by atoms with Gasteiger partial charge in [0.25, 0.3) is 5.56 Å². The average Bonchev–Trinajstić information content (AvgIpc) is 3.26. The van der Waals surface area contributed by atoms with E-state index in [1.165, 1.54) is 21.5 Å². The quantitative estimate of drug-likeness (QED) is 0.268. The van der Waals surface area contributed by atoms with Gasteiger partial charge in [0.1, 0.15) is 17.9 Å². The number of rotatable bonds is 2. The highest BCUT2D eigenvalue weighted by Crippen LogP contribution is 2.36. The van der Waals surface area contributed by atoms with Gasteiger partial charge in [0.05, 0.1) is 12.7 Å². The molecule has 3 atom stereocenters. The van der Waals surface area contributed by atoms with Crippen LogP contribution < -0.4 is 11.2 Å². The van der Waals surface area contributed by atoms with Crippen LogP contribution in [0.1, 0.15) is 23.8 Å². The van der Waals surface area contributed by atoms with E-state index in [-0.39, 0.29) is 18.6 Å². The highest BCUT2D eigenvalue weighted by molar-refractivity contribution is 6.24. The molecule has 7 nitrogen and oxygen atoms in total. The summed E-state index contributed by atoms with van der Waals surface area (Å²) in [5.41, 5.74) is -0.432. The number of hydrogen-bond donors (Lipinski definition) is 3. The van der Waals surface area contributed by atoms with Gasteiger partial charge in [0, 0.05) is 18.2 Å². The molecule has 0 aliphatic carbocycles. The van der Waals surface area contributed by atoms with Crippen LogP contribution in [0.5, 0.6) is 0 Å². The maximum atomic E-state index is 12.3. The smallest absolute Gasteiger partial charge is 0.330 e. The largest absolute Gasteiger partial charge is 0.394 e. The first-order chi connectivity index (χ1) is 17.5. The molecule has 0 bridgehead atoms. The molecule has 1 aliphatic heterocycles. The Bertz CT molecular complexity index is 1880. The summed E-state index contributed by atoms with van der Waals surface area (Å²) >= 11 is 0. The van der Waals surface area contributed by atoms with Gasteiger partial charge >= 0.3 is 5.69 Å². The number of aliphatic hydroxyl groups excluding tert-OH is 2. The minimum Gasteiger partial charge on any atom is -0.394 e. The van der Waals surface area contributed by atoms with Gasteiger partial charge in [-0.15, -0.1) is 0 Å². The minimum absolute atomic E-state index is 0.0456. The topological polar surface area (TPSA) is 105 Å². The molecular weight excluding hydrogens is 456 g/mol. The third-order valence-corrected chi connectivity index (χ3v) is 6.63. The van der Waals surface area contributed by atoms with E-state index < -0.39 is 29.7 Å². The Hall–Kier alpha value is -4.40. The Balaban J connectivity index is 1.39. The number of nitrogens with one attached hydrogen (secondary N) is 1. The fraction of sp³-hybridized carbons (Fsp3) is 0.172. The first-order valence-electron chi connectivity index (χ1n) is 11.5. The van der Waals surface area contributed by atoms with Crippen LogP contribution in [0.3, 0.4) is 0 Å². The van der Waals surface area contributed by atoms with Crippen molar-refractivity contribution in [2.45, 2.75) is 24.9 Å². The Morgan fingerprint density at radius 2 is 1.64 bits per heavy atom. The molecule has 1 saturated heterocycles. The van der Waals surface area contributed by atoms with Crippen molar-refractivity contribution in [2.24, 2.45) is 0 Å². The van der Waals surface area contributed by atoms with Gasteiger partial charge in [-0.25, -0.2) is 4.79 Å². The van der Waals surface area contributed by atoms with Gasteiger partial charge in [-0.3, -0.25) is 14.3 Å². The van der Waals surface area contributed by atoms with Gasteiger partial charge in [-0.2, -0.15) is 0 Å². The van der Waals surface area contributed by atoms with Crippen LogP contribution in [-0.2, 0) is 4.74 Å². The standard InChI is InChI=1S/C29H20N2O5/c32-16-24-23(33)14-25(36-24)31-15-21(28(34)30-29(31)35)6-2-1-5-19-13-20-9-3-7-17-11-12-18-8-4-10-22(19)27(18)26(17)20/h3-4,7-13,15,23-25,32-33H,14,16H2,(H,30,34,35)/t23-,24+,25+/m0/s1. The molecule has 0 saturated carbocycles. The summed E-state index contributed by atoms with van der Waals surface area (Å²) in [6, 6.07) is 18.6. The number of nitrogens with zero attached hydrogens (tertiary/aromatic N) is 1. The fourth-order valence-electron chi connectivity index (χ4n) is 4.90. The molecule has 6 rings (SSSR count). The molecule has 5 aromatic rings. The van der Waals surface area contributed by atoms with Gasteiger partial charge in [-0.1, -0.05) is 54.5 Å². The van der Waals surface area contributed by atoms with E-state index in [1.54, 1.807) is 0 Å². The molecular formula is C29H20N2O5. The zero-order valence-electron chi connectivity index (χ0n) is 19.0. The number of aliphatic hydroxyl groups is 2. The summed E-state index contributed by atoms with van der Waals surface area (Å²) in [7, 11) is 0. The molecule has 0 amide bonds. The second kappa shape index (κ2) is 8.67. The van der Waals surface area contributed by atoms with Crippen LogP contribution >= 0.6 is 0 Å². The molecule has 0 radical (unpaired) electrons. The van der Waals surface area contributed by atoms with Crippen LogP contribution in [-0.4, -0.2) is 38.6 Å². The number of hydrogen-bond acceptors (Lipinski definition) is 5. The normalized spacial score (nSPS) is 19.3. The van der Waals surface area contributed by atoms with E-state index in [9.17, 15) is 19.8 Å². The van der Waals surface area contributed by atoms with E-state index in [4.69, 9.17) is 4.74 Å². The SMILES string of the molecule is O=c1[nH]c(=O)n([C@H]2C[C@H](O)[C@@H](CO)O2)cc1C#CC#Cc1cc2cccc3ccc4cccc1c4c32. The van der Waals surface area contributed by atoms with Gasteiger partial charge in [-0.05, 0) is 56.1 Å². The number of benzene rings is 4. The summed E-state index contributed by atoms with van der Waals surface area (Å²) < 4.78 is 6.69. The van der Waals surface area contributed by atoms with E-state index in [1.807, 2.05) is 24.3 Å². The third kappa shape index (κ3) is 3.64. The molecule has 7 heteroatoms. The molecule has 1 aliphatic rings. The predicted molar refractivity (Wildman–Crippen MR) is 137 cm³/mol. The maximum absolute atomic E-state index is 12.3. The second-order valence-electron chi connectivity index (χ2n) is 8.80. The second-order valence-corrected chi connectivity index (χ2v) is 8.80. The van der Waals surface area contributed by atoms with Crippen molar-refractivity contribution < 1.29 is 14.9 Å². The van der Waals surface area contributed by atoms with Crippen LogP contribution in [0, 0.1) is 23.7 Å². The lowest BCUT2D eigenvalue weighted by Gasteiger charge is -2.14. The summed E-state index contributed by atoms with van der Waals surface area (Å²) in [4.78, 5) is 26.8. The van der Waals surface area contributed by atoms with Crippen molar-refractivity contribution in [1.29, 1.82) is 0 Å². The summed E-state index contributed by atoms with van der Waals surface area (Å²) in [5, 5.41) is 26.1. The van der Waals surface area contributed by atoms with E-state index >= 15 is 0 Å². The lowest BCUT2D eigenvalue weighted by Crippen LogP contribution is -2.33. The van der Waals surface area contributed by atoms with E-state index in [0.29, 0.717) is 0 Å². The van der Waals surface area contributed by atoms with Crippen molar-refractivity contribution in [3.63, 3.8) is 0 Å². The van der Waals surface area contributed by atoms with Crippen molar-refractivity contribution in [2.75, 3.05) is 6.61 Å². The molecule has 36 heavy (non-hydrogen) atoms. The van der Waals surface area contributed by atoms with Crippen LogP contribution in [0.4, 0.5) is 0 Å². The minimum atomic E-state index is -0.913. The van der Waals surface area contributed by atoms with Crippen LogP contribution in [0.25, 0.3) is 32.3 Å². The summed E-state index contributed by atoms with van der Waals surface area (Å²) in [5.74, 6) is 11.4. The monoisotopic (exact) mass is 476 g/mol. The Morgan fingerprint density at radius 1 is 0.944 bits per heavy atom. The lowest BCUT2D eigenvalue weighted by atomic mass is 9.91. The Labute approximate surface area is 204 Å². The van der Waals surface area contributed by atoms with Crippen molar-refractivity contribution in [1.82, 2.24) is 9.55 Å². The first-order valence-corrected chi connectivity index (χ1v) is 11.5. The van der Waals surface area contributed by atoms with E-state index in [0.717, 1.165) is 27.1 Å². The average molecular weight is 476 g/mol. The molecule has 3 N–H and O–H groups in total. The predicted octanol–water partition coefficient (Wildman–Crippen LogP) is 2.48. The van der Waals surface area contributed by atoms with Crippen molar-refractivity contribution in [3.05, 3.63) is 92.8 Å². The van der Waals surface area contributed by atoms with Crippen LogP contribution in [0.2, 0.25) is 0 Å². The molecule has 2 heterocycles. The summed E-state index contributed by atoms with van der Waals surface area (Å²) in [6.07, 6.45) is -1.12. The fourth-order valence-corrected chi connectivity index (χ4v) is 4.90. The molecule has 176 valence electrons. The zero-order valence-corrected chi connectivity index (χ0v) is 19.0. The third-order valence-electron chi connectivity index (χ3n) is 6.63. The first kappa shape index (κ1) is 22.1. The molecule has 1 aromatic heterocycles. The van der Waals surface area contributed by atoms with Crippen molar-refractivity contribution in [3.8, 4) is 23.7 Å². The highest BCUT2D eigenvalue weighted by atomic mass is 16.5. The molecule has 4 aromatic carbocycles. The van der Waals surface area contributed by atoms with Gasteiger partial charge in [0.2, 0.25) is 0 Å². The number of aromatic nitrogens is 2. The lowest BCUT2D eigenvalue weighted by molar-refractivity contribution is -0.0459. The molecule has 0 unspecified atom stereocenters. The van der Waals surface area contributed by atoms with Crippen LogP contribution in [0.15, 0.2) is 70.4 Å². The van der Waals surface area contributed by atoms with E-state index in [2.05, 4.69) is 59.0 Å². The highest BCUT2D eigenvalue weighted by Gasteiger charge is 2.35. The maximum Gasteiger partial charge on any atom is 0.330 e. The molecule has 0 spiro atoms. The number of ether oxygens (including phenoxy) is 1. The van der Waals surface area contributed by atoms with Gasteiger partial charge < -0.3 is 14.9 Å². The number of H-pyrrole nitrogens is 1. The zero-order chi connectivity index (χ0) is 24.8. The summed E-state index contributed by atoms with van der Waals surface area (Å²) in [6.45, 7) is -0.374. The number of aromatic amines is 1. The van der Waals surface area contributed by atoms with Gasteiger partial charge in [0.15, 0.2) is 0 Å². The van der Waals surface area contributed by atoms with Crippen molar-refractivity contribution >= 4 is 32.3 Å².